The van der Waals surface area contributed by atoms with Crippen LogP contribution in [0.3, 0.4) is 0 Å². The summed E-state index contributed by atoms with van der Waals surface area (Å²) in [5.74, 6) is -0.152. The standard InChI is InChI=1S/C30H36N6O5S/c1-3-41-30(38)24-15-17-35(18-16-24)42(39,40)25-14-8-13-23(19-25)20-26-31-28-27(29(37)32-26)33-34-36(28)21(2)9-7-12-22-10-5-4-6-11-22/h4-6,8,10-11,13-14,19,21,24H,3,7,9,12,15-18,20H2,1-2H3,(H,31,32,37). The molecule has 4 aromatic rings. The molecule has 1 atom stereocenters. The lowest BCUT2D eigenvalue weighted by Crippen LogP contribution is -2.40. The largest absolute Gasteiger partial charge is 0.466 e. The van der Waals surface area contributed by atoms with Crippen LogP contribution in [0.15, 0.2) is 64.3 Å². The maximum Gasteiger partial charge on any atom is 0.309 e. The average molecular weight is 593 g/mol. The highest BCUT2D eigenvalue weighted by Gasteiger charge is 2.32. The van der Waals surface area contributed by atoms with E-state index in [1.54, 1.807) is 35.9 Å². The quantitative estimate of drug-likeness (QED) is 0.260. The number of hydrogen-bond donors (Lipinski definition) is 1. The minimum absolute atomic E-state index is 0.0118. The lowest BCUT2D eigenvalue weighted by molar-refractivity contribution is -0.149. The summed E-state index contributed by atoms with van der Waals surface area (Å²) >= 11 is 0. The number of aryl methyl sites for hydroxylation is 1. The Morgan fingerprint density at radius 1 is 1.10 bits per heavy atom. The molecule has 0 amide bonds. The van der Waals surface area contributed by atoms with Crippen LogP contribution in [0.4, 0.5) is 0 Å². The normalized spacial score (nSPS) is 15.6. The fourth-order valence-electron chi connectivity index (χ4n) is 5.39. The first-order valence-corrected chi connectivity index (χ1v) is 15.8. The first-order chi connectivity index (χ1) is 20.3. The zero-order valence-electron chi connectivity index (χ0n) is 23.9. The summed E-state index contributed by atoms with van der Waals surface area (Å²) in [4.78, 5) is 32.5. The number of nitrogens with zero attached hydrogens (tertiary/aromatic N) is 5. The van der Waals surface area contributed by atoms with Crippen molar-refractivity contribution in [3.05, 3.63) is 81.9 Å². The van der Waals surface area contributed by atoms with Crippen LogP contribution in [-0.2, 0) is 32.4 Å². The van der Waals surface area contributed by atoms with E-state index in [4.69, 9.17) is 4.74 Å². The second-order valence-corrected chi connectivity index (χ2v) is 12.6. The Morgan fingerprint density at radius 2 is 1.83 bits per heavy atom. The number of H-pyrrole nitrogens is 1. The van der Waals surface area contributed by atoms with Gasteiger partial charge in [0.05, 0.1) is 23.5 Å². The molecule has 0 radical (unpaired) electrons. The topological polar surface area (TPSA) is 140 Å². The van der Waals surface area contributed by atoms with Gasteiger partial charge in [-0.15, -0.1) is 5.10 Å². The van der Waals surface area contributed by atoms with Crippen molar-refractivity contribution in [3.8, 4) is 0 Å². The van der Waals surface area contributed by atoms with E-state index in [1.807, 2.05) is 25.1 Å². The molecule has 222 valence electrons. The second kappa shape index (κ2) is 13.0. The van der Waals surface area contributed by atoms with Crippen molar-refractivity contribution in [1.29, 1.82) is 0 Å². The Bertz CT molecular complexity index is 1690. The highest BCUT2D eigenvalue weighted by molar-refractivity contribution is 7.89. The third kappa shape index (κ3) is 6.60. The van der Waals surface area contributed by atoms with Crippen LogP contribution in [-0.4, -0.2) is 63.4 Å². The molecule has 1 N–H and O–H groups in total. The number of nitrogens with one attached hydrogen (secondary N) is 1. The molecule has 0 bridgehead atoms. The van der Waals surface area contributed by atoms with Crippen molar-refractivity contribution in [3.63, 3.8) is 0 Å². The molecular formula is C30H36N6O5S. The lowest BCUT2D eigenvalue weighted by atomic mass is 9.98. The van der Waals surface area contributed by atoms with Crippen LogP contribution >= 0.6 is 0 Å². The van der Waals surface area contributed by atoms with Crippen molar-refractivity contribution in [2.24, 2.45) is 5.92 Å². The number of hydrogen-bond acceptors (Lipinski definition) is 8. The van der Waals surface area contributed by atoms with Crippen molar-refractivity contribution < 1.29 is 17.9 Å². The molecule has 1 aliphatic rings. The second-order valence-electron chi connectivity index (χ2n) is 10.7. The Kier molecular flexibility index (Phi) is 9.12. The van der Waals surface area contributed by atoms with Gasteiger partial charge in [0.15, 0.2) is 11.2 Å². The van der Waals surface area contributed by atoms with E-state index in [1.165, 1.54) is 9.87 Å². The van der Waals surface area contributed by atoms with E-state index in [9.17, 15) is 18.0 Å². The Morgan fingerprint density at radius 3 is 2.57 bits per heavy atom. The number of carbonyl (C=O) groups excluding carboxylic acids is 1. The van der Waals surface area contributed by atoms with E-state index in [-0.39, 0.29) is 53.4 Å². The van der Waals surface area contributed by atoms with Gasteiger partial charge in [-0.25, -0.2) is 18.1 Å². The maximum absolute atomic E-state index is 13.4. The first-order valence-electron chi connectivity index (χ1n) is 14.4. The van der Waals surface area contributed by atoms with Gasteiger partial charge in [-0.05, 0) is 69.2 Å². The molecule has 42 heavy (non-hydrogen) atoms. The van der Waals surface area contributed by atoms with Gasteiger partial charge in [-0.1, -0.05) is 47.7 Å². The number of fused-ring (bicyclic) bond motifs is 1. The van der Waals surface area contributed by atoms with Crippen molar-refractivity contribution in [1.82, 2.24) is 29.3 Å². The molecule has 1 aliphatic heterocycles. The number of sulfonamides is 1. The van der Waals surface area contributed by atoms with Crippen LogP contribution in [0.2, 0.25) is 0 Å². The molecule has 11 nitrogen and oxygen atoms in total. The number of carbonyl (C=O) groups is 1. The van der Waals surface area contributed by atoms with Crippen molar-refractivity contribution in [2.45, 2.75) is 63.3 Å². The van der Waals surface area contributed by atoms with Crippen molar-refractivity contribution >= 4 is 27.2 Å². The van der Waals surface area contributed by atoms with Crippen LogP contribution < -0.4 is 5.56 Å². The third-order valence-corrected chi connectivity index (χ3v) is 9.61. The third-order valence-electron chi connectivity index (χ3n) is 7.71. The molecule has 1 saturated heterocycles. The van der Waals surface area contributed by atoms with E-state index in [0.717, 1.165) is 19.3 Å². The Balaban J connectivity index is 1.29. The molecule has 0 aliphatic carbocycles. The number of piperidine rings is 1. The van der Waals surface area contributed by atoms with E-state index < -0.39 is 10.0 Å². The summed E-state index contributed by atoms with van der Waals surface area (Å²) in [7, 11) is -3.75. The van der Waals surface area contributed by atoms with Crippen LogP contribution in [0.1, 0.15) is 62.5 Å². The summed E-state index contributed by atoms with van der Waals surface area (Å²) in [5, 5.41) is 8.30. The van der Waals surface area contributed by atoms with E-state index in [2.05, 4.69) is 32.4 Å². The van der Waals surface area contributed by atoms with E-state index >= 15 is 0 Å². The van der Waals surface area contributed by atoms with Gasteiger partial charge in [0.25, 0.3) is 5.56 Å². The molecular weight excluding hydrogens is 556 g/mol. The molecule has 3 heterocycles. The smallest absolute Gasteiger partial charge is 0.309 e. The van der Waals surface area contributed by atoms with Gasteiger partial charge in [-0.2, -0.15) is 4.31 Å². The van der Waals surface area contributed by atoms with Gasteiger partial charge < -0.3 is 9.72 Å². The fourth-order valence-corrected chi connectivity index (χ4v) is 6.93. The summed E-state index contributed by atoms with van der Waals surface area (Å²) in [6, 6.07) is 16.9. The predicted octanol–water partition coefficient (Wildman–Crippen LogP) is 3.65. The molecule has 0 spiro atoms. The average Bonchev–Trinajstić information content (AvgIpc) is 3.43. The predicted molar refractivity (Wildman–Crippen MR) is 157 cm³/mol. The fraction of sp³-hybridized carbons (Fsp3) is 0.433. The number of esters is 1. The van der Waals surface area contributed by atoms with Gasteiger partial charge in [0.1, 0.15) is 5.82 Å². The summed E-state index contributed by atoms with van der Waals surface area (Å²) in [6.45, 7) is 4.60. The number of benzene rings is 2. The van der Waals surface area contributed by atoms with Crippen LogP contribution in [0, 0.1) is 5.92 Å². The highest BCUT2D eigenvalue weighted by Crippen LogP contribution is 2.26. The van der Waals surface area contributed by atoms with Gasteiger partial charge in [0.2, 0.25) is 10.0 Å². The monoisotopic (exact) mass is 592 g/mol. The van der Waals surface area contributed by atoms with Gasteiger partial charge in [0, 0.05) is 19.5 Å². The summed E-state index contributed by atoms with van der Waals surface area (Å²) in [6.07, 6.45) is 3.82. The molecule has 0 saturated carbocycles. The molecule has 1 unspecified atom stereocenters. The molecule has 2 aromatic carbocycles. The number of ether oxygens (including phenoxy) is 1. The molecule has 2 aromatic heterocycles. The minimum atomic E-state index is -3.75. The van der Waals surface area contributed by atoms with Crippen LogP contribution in [0.25, 0.3) is 11.2 Å². The molecule has 5 rings (SSSR count). The van der Waals surface area contributed by atoms with E-state index in [0.29, 0.717) is 36.5 Å². The SMILES string of the molecule is CCOC(=O)C1CCN(S(=O)(=O)c2cccc(Cc3nc4c(nnn4C(C)CCCc4ccccc4)c(=O)[nH]3)c2)CC1. The number of aromatic nitrogens is 5. The lowest BCUT2D eigenvalue weighted by Gasteiger charge is -2.30. The Labute approximate surface area is 245 Å². The molecule has 12 heteroatoms. The zero-order valence-corrected chi connectivity index (χ0v) is 24.7. The Hall–Kier alpha value is -3.90. The summed E-state index contributed by atoms with van der Waals surface area (Å²) in [5.41, 5.74) is 2.17. The number of aromatic amines is 1. The molecule has 1 fully saturated rings. The first kappa shape index (κ1) is 29.6. The van der Waals surface area contributed by atoms with Gasteiger partial charge in [-0.3, -0.25) is 9.59 Å². The van der Waals surface area contributed by atoms with Crippen LogP contribution in [0.5, 0.6) is 0 Å². The van der Waals surface area contributed by atoms with Gasteiger partial charge >= 0.3 is 5.97 Å². The maximum atomic E-state index is 13.4. The zero-order chi connectivity index (χ0) is 29.7. The minimum Gasteiger partial charge on any atom is -0.466 e. The number of rotatable bonds is 11. The van der Waals surface area contributed by atoms with Crippen molar-refractivity contribution in [2.75, 3.05) is 19.7 Å². The summed E-state index contributed by atoms with van der Waals surface area (Å²) < 4.78 is 35.0. The highest BCUT2D eigenvalue weighted by atomic mass is 32.2.